The second-order valence-corrected chi connectivity index (χ2v) is 12.7. The molecule has 0 heterocycles. The first-order valence-electron chi connectivity index (χ1n) is 15.5. The van der Waals surface area contributed by atoms with Gasteiger partial charge in [-0.3, -0.25) is 14.4 Å². The Labute approximate surface area is 285 Å². The quantitative estimate of drug-likeness (QED) is 0.0927. The number of hydrogen-bond donors (Lipinski definition) is 3. The summed E-state index contributed by atoms with van der Waals surface area (Å²) in [4.78, 5) is 40.5. The largest absolute Gasteiger partial charge is 0.489 e. The van der Waals surface area contributed by atoms with Crippen LogP contribution in [0, 0.1) is 13.8 Å². The average molecular weight is 656 g/mol. The van der Waals surface area contributed by atoms with Crippen LogP contribution < -0.4 is 20.7 Å². The summed E-state index contributed by atoms with van der Waals surface area (Å²) < 4.78 is 5.90. The van der Waals surface area contributed by atoms with Crippen molar-refractivity contribution in [3.8, 4) is 5.75 Å². The lowest BCUT2D eigenvalue weighted by Crippen LogP contribution is -2.30. The van der Waals surface area contributed by atoms with Gasteiger partial charge in [-0.2, -0.15) is 0 Å². The highest BCUT2D eigenvalue weighted by molar-refractivity contribution is 8.00. The molecule has 0 aromatic heterocycles. The third kappa shape index (κ3) is 9.95. The van der Waals surface area contributed by atoms with Crippen molar-refractivity contribution >= 4 is 46.9 Å². The first-order chi connectivity index (χ1) is 23.2. The van der Waals surface area contributed by atoms with Crippen molar-refractivity contribution in [2.24, 2.45) is 0 Å². The minimum absolute atomic E-state index is 0.0704. The van der Waals surface area contributed by atoms with Gasteiger partial charge in [0.05, 0.1) is 5.25 Å². The Bertz CT molecular complexity index is 1890. The van der Waals surface area contributed by atoms with Crippen molar-refractivity contribution in [3.63, 3.8) is 0 Å². The van der Waals surface area contributed by atoms with Crippen LogP contribution in [0.15, 0.2) is 138 Å². The molecule has 3 amide bonds. The Morgan fingerprint density at radius 3 is 2.08 bits per heavy atom. The van der Waals surface area contributed by atoms with Crippen molar-refractivity contribution in [1.82, 2.24) is 5.32 Å². The Balaban J connectivity index is 1.28. The number of benzene rings is 5. The molecule has 0 radical (unpaired) electrons. The maximum atomic E-state index is 13.6. The van der Waals surface area contributed by atoms with Crippen LogP contribution >= 0.6 is 11.8 Å². The van der Waals surface area contributed by atoms with Crippen molar-refractivity contribution in [2.75, 3.05) is 10.6 Å². The zero-order valence-corrected chi connectivity index (χ0v) is 27.8. The van der Waals surface area contributed by atoms with E-state index in [-0.39, 0.29) is 11.6 Å². The summed E-state index contributed by atoms with van der Waals surface area (Å²) in [5.74, 6) is -0.342. The molecule has 0 saturated heterocycles. The van der Waals surface area contributed by atoms with Crippen LogP contribution in [0.5, 0.6) is 5.75 Å². The molecule has 0 aliphatic carbocycles. The van der Waals surface area contributed by atoms with E-state index >= 15 is 0 Å². The molecule has 7 nitrogen and oxygen atoms in total. The van der Waals surface area contributed by atoms with Gasteiger partial charge in [0.25, 0.3) is 11.8 Å². The SMILES string of the molecule is Cc1cc(C)cc(NC(=O)C(C)Sc2cccc(NC(=O)/C(=C\c3ccc(OCc4ccccc4)cc3)NC(=O)c3ccccc3)c2)c1. The van der Waals surface area contributed by atoms with Gasteiger partial charge in [-0.05, 0) is 104 Å². The van der Waals surface area contributed by atoms with Gasteiger partial charge in [-0.25, -0.2) is 0 Å². The molecule has 0 aliphatic heterocycles. The van der Waals surface area contributed by atoms with Gasteiger partial charge in [0, 0.05) is 21.8 Å². The number of carbonyl (C=O) groups excluding carboxylic acids is 3. The van der Waals surface area contributed by atoms with E-state index in [0.717, 1.165) is 27.3 Å². The fourth-order valence-corrected chi connectivity index (χ4v) is 5.83. The van der Waals surface area contributed by atoms with E-state index in [1.165, 1.54) is 11.8 Å². The zero-order valence-electron chi connectivity index (χ0n) is 27.0. The molecular weight excluding hydrogens is 619 g/mol. The van der Waals surface area contributed by atoms with E-state index < -0.39 is 17.1 Å². The lowest BCUT2D eigenvalue weighted by molar-refractivity contribution is -0.115. The lowest BCUT2D eigenvalue weighted by Gasteiger charge is -2.15. The van der Waals surface area contributed by atoms with Crippen LogP contribution in [0.3, 0.4) is 0 Å². The molecule has 48 heavy (non-hydrogen) atoms. The average Bonchev–Trinajstić information content (AvgIpc) is 3.08. The third-order valence-electron chi connectivity index (χ3n) is 7.23. The maximum Gasteiger partial charge on any atom is 0.272 e. The molecule has 0 fully saturated rings. The van der Waals surface area contributed by atoms with Crippen LogP contribution in [-0.2, 0) is 16.2 Å². The van der Waals surface area contributed by atoms with Crippen LogP contribution in [-0.4, -0.2) is 23.0 Å². The number of carbonyl (C=O) groups is 3. The lowest BCUT2D eigenvalue weighted by atomic mass is 10.1. The number of aryl methyl sites for hydroxylation is 2. The molecule has 8 heteroatoms. The van der Waals surface area contributed by atoms with Crippen LogP contribution in [0.2, 0.25) is 0 Å². The monoisotopic (exact) mass is 655 g/mol. The van der Waals surface area contributed by atoms with Gasteiger partial charge >= 0.3 is 0 Å². The van der Waals surface area contributed by atoms with Crippen molar-refractivity contribution < 1.29 is 19.1 Å². The van der Waals surface area contributed by atoms with Gasteiger partial charge in [0.15, 0.2) is 0 Å². The molecule has 5 rings (SSSR count). The molecule has 0 spiro atoms. The highest BCUT2D eigenvalue weighted by atomic mass is 32.2. The van der Waals surface area contributed by atoms with Gasteiger partial charge in [0.1, 0.15) is 18.1 Å². The van der Waals surface area contributed by atoms with E-state index in [9.17, 15) is 14.4 Å². The first-order valence-corrected chi connectivity index (χ1v) is 16.4. The van der Waals surface area contributed by atoms with Gasteiger partial charge in [-0.1, -0.05) is 72.8 Å². The Morgan fingerprint density at radius 1 is 0.729 bits per heavy atom. The third-order valence-corrected chi connectivity index (χ3v) is 8.33. The molecule has 5 aromatic rings. The number of nitrogens with one attached hydrogen (secondary N) is 3. The normalized spacial score (nSPS) is 11.7. The summed E-state index contributed by atoms with van der Waals surface area (Å²) in [7, 11) is 0. The fourth-order valence-electron chi connectivity index (χ4n) is 4.90. The van der Waals surface area contributed by atoms with Crippen molar-refractivity contribution in [1.29, 1.82) is 0 Å². The maximum absolute atomic E-state index is 13.6. The molecule has 0 saturated carbocycles. The second-order valence-electron chi connectivity index (χ2n) is 11.3. The Hall–Kier alpha value is -5.60. The first kappa shape index (κ1) is 33.8. The smallest absolute Gasteiger partial charge is 0.272 e. The van der Waals surface area contributed by atoms with Crippen LogP contribution in [0.25, 0.3) is 6.08 Å². The van der Waals surface area contributed by atoms with E-state index in [1.54, 1.807) is 42.5 Å². The minimum atomic E-state index is -0.494. The topological polar surface area (TPSA) is 96.5 Å². The minimum Gasteiger partial charge on any atom is -0.489 e. The summed E-state index contributed by atoms with van der Waals surface area (Å²) >= 11 is 1.38. The molecule has 0 bridgehead atoms. The van der Waals surface area contributed by atoms with E-state index in [1.807, 2.05) is 106 Å². The summed E-state index contributed by atoms with van der Waals surface area (Å²) in [6, 6.07) is 39.1. The van der Waals surface area contributed by atoms with Gasteiger partial charge in [-0.15, -0.1) is 11.8 Å². The van der Waals surface area contributed by atoms with Gasteiger partial charge < -0.3 is 20.7 Å². The van der Waals surface area contributed by atoms with Gasteiger partial charge in [0.2, 0.25) is 5.91 Å². The summed E-state index contributed by atoms with van der Waals surface area (Å²) in [6.45, 7) is 6.26. The Kier molecular flexibility index (Phi) is 11.5. The highest BCUT2D eigenvalue weighted by Crippen LogP contribution is 2.27. The number of amides is 3. The number of thioether (sulfide) groups is 1. The number of rotatable bonds is 12. The molecule has 1 unspecified atom stereocenters. The highest BCUT2D eigenvalue weighted by Gasteiger charge is 2.18. The number of hydrogen-bond acceptors (Lipinski definition) is 5. The predicted octanol–water partition coefficient (Wildman–Crippen LogP) is 8.41. The molecule has 0 aliphatic rings. The molecule has 3 N–H and O–H groups in total. The summed E-state index contributed by atoms with van der Waals surface area (Å²) in [5, 5.41) is 8.28. The predicted molar refractivity (Wildman–Crippen MR) is 194 cm³/mol. The second kappa shape index (κ2) is 16.3. The molecule has 1 atom stereocenters. The number of ether oxygens (including phenoxy) is 1. The zero-order chi connectivity index (χ0) is 33.9. The Morgan fingerprint density at radius 2 is 1.40 bits per heavy atom. The standard InChI is InChI=1S/C40H37N3O4S/c1-27-21-28(2)23-34(22-27)42-38(44)29(3)48-36-16-10-15-33(25-36)41-40(46)37(43-39(45)32-13-8-5-9-14-32)24-30-17-19-35(20-18-30)47-26-31-11-6-4-7-12-31/h4-25,29H,26H2,1-3H3,(H,41,46)(H,42,44)(H,43,45)/b37-24+. The summed E-state index contributed by atoms with van der Waals surface area (Å²) in [6.07, 6.45) is 1.62. The molecular formula is C40H37N3O4S. The number of anilines is 2. The van der Waals surface area contributed by atoms with E-state index in [2.05, 4.69) is 22.0 Å². The van der Waals surface area contributed by atoms with E-state index in [0.29, 0.717) is 29.2 Å². The van der Waals surface area contributed by atoms with Crippen LogP contribution in [0.4, 0.5) is 11.4 Å². The van der Waals surface area contributed by atoms with Crippen molar-refractivity contribution in [2.45, 2.75) is 37.5 Å². The fraction of sp³-hybridized carbons (Fsp3) is 0.125. The van der Waals surface area contributed by atoms with Crippen LogP contribution in [0.1, 0.15) is 39.5 Å². The molecule has 5 aromatic carbocycles. The van der Waals surface area contributed by atoms with E-state index in [4.69, 9.17) is 4.74 Å². The summed E-state index contributed by atoms with van der Waals surface area (Å²) in [5.41, 5.74) is 5.69. The van der Waals surface area contributed by atoms with Crippen molar-refractivity contribution in [3.05, 3.63) is 161 Å². The molecule has 242 valence electrons.